The normalized spacial score (nSPS) is 17.2. The van der Waals surface area contributed by atoms with Crippen molar-refractivity contribution < 1.29 is 9.53 Å². The van der Waals surface area contributed by atoms with Gasteiger partial charge in [0.05, 0.1) is 7.11 Å². The first-order valence-electron chi connectivity index (χ1n) is 7.84. The molecule has 1 unspecified atom stereocenters. The number of thiazole rings is 1. The molecule has 0 N–H and O–H groups in total. The lowest BCUT2D eigenvalue weighted by Crippen LogP contribution is -2.11. The van der Waals surface area contributed by atoms with Crippen LogP contribution in [0.4, 0.5) is 0 Å². The van der Waals surface area contributed by atoms with Crippen molar-refractivity contribution in [1.82, 2.24) is 9.38 Å². The summed E-state index contributed by atoms with van der Waals surface area (Å²) in [6.45, 7) is 2.29. The van der Waals surface area contributed by atoms with Crippen LogP contribution in [0, 0.1) is 5.92 Å². The van der Waals surface area contributed by atoms with Gasteiger partial charge in [-0.3, -0.25) is 9.20 Å². The Bertz CT molecular complexity index is 894. The van der Waals surface area contributed by atoms with Crippen molar-refractivity contribution in [3.8, 4) is 17.0 Å². The molecule has 1 atom stereocenters. The van der Waals surface area contributed by atoms with Gasteiger partial charge in [-0.15, -0.1) is 11.3 Å². The summed E-state index contributed by atoms with van der Waals surface area (Å²) in [5.74, 6) is 1.48. The van der Waals surface area contributed by atoms with Gasteiger partial charge in [0.25, 0.3) is 0 Å². The third-order valence-corrected chi connectivity index (χ3v) is 5.66. The second-order valence-corrected chi connectivity index (χ2v) is 7.20. The predicted molar refractivity (Wildman–Crippen MR) is 91.6 cm³/mol. The third-order valence-electron chi connectivity index (χ3n) is 4.55. The maximum atomic E-state index is 11.8. The molecule has 4 nitrogen and oxygen atoms in total. The molecule has 0 saturated heterocycles. The maximum absolute atomic E-state index is 11.8. The topological polar surface area (TPSA) is 43.6 Å². The minimum Gasteiger partial charge on any atom is -0.497 e. The van der Waals surface area contributed by atoms with Gasteiger partial charge < -0.3 is 4.74 Å². The van der Waals surface area contributed by atoms with E-state index in [1.165, 1.54) is 17.0 Å². The van der Waals surface area contributed by atoms with Crippen LogP contribution in [0.25, 0.3) is 16.2 Å². The molecule has 2 heterocycles. The monoisotopic (exact) mass is 326 g/mol. The summed E-state index contributed by atoms with van der Waals surface area (Å²) in [5.41, 5.74) is 3.58. The molecular weight excluding hydrogens is 308 g/mol. The standard InChI is InChI=1S/C18H18N2O2S/c1-11-6-7-14-16(8-11)23-18-19-17(15(10-21)20(14)18)12-4-3-5-13(9-12)22-2/h3-5,9-11H,6-8H2,1-2H3. The average Bonchev–Trinajstić information content (AvgIpc) is 3.09. The number of rotatable bonds is 3. The Morgan fingerprint density at radius 3 is 3.09 bits per heavy atom. The Morgan fingerprint density at radius 2 is 2.30 bits per heavy atom. The number of imidazole rings is 1. The van der Waals surface area contributed by atoms with Crippen LogP contribution in [0.5, 0.6) is 5.75 Å². The molecule has 1 aromatic carbocycles. The van der Waals surface area contributed by atoms with Crippen LogP contribution < -0.4 is 4.74 Å². The van der Waals surface area contributed by atoms with Crippen molar-refractivity contribution in [2.45, 2.75) is 26.2 Å². The van der Waals surface area contributed by atoms with Crippen LogP contribution in [0.15, 0.2) is 24.3 Å². The number of methoxy groups -OCH3 is 1. The number of hydrogen-bond donors (Lipinski definition) is 0. The molecule has 23 heavy (non-hydrogen) atoms. The molecule has 1 aliphatic carbocycles. The highest BCUT2D eigenvalue weighted by atomic mass is 32.1. The number of benzene rings is 1. The largest absolute Gasteiger partial charge is 0.497 e. The number of hydrogen-bond acceptors (Lipinski definition) is 4. The van der Waals surface area contributed by atoms with E-state index < -0.39 is 0 Å². The van der Waals surface area contributed by atoms with Crippen molar-refractivity contribution in [2.24, 2.45) is 5.92 Å². The summed E-state index contributed by atoms with van der Waals surface area (Å²) >= 11 is 1.72. The number of nitrogens with zero attached hydrogens (tertiary/aromatic N) is 2. The molecular formula is C18H18N2O2S. The summed E-state index contributed by atoms with van der Waals surface area (Å²) in [7, 11) is 1.64. The zero-order chi connectivity index (χ0) is 16.0. The summed E-state index contributed by atoms with van der Waals surface area (Å²) in [4.78, 5) is 18.8. The zero-order valence-electron chi connectivity index (χ0n) is 13.2. The molecule has 3 aromatic rings. The van der Waals surface area contributed by atoms with Crippen LogP contribution in [0.3, 0.4) is 0 Å². The Morgan fingerprint density at radius 1 is 1.43 bits per heavy atom. The van der Waals surface area contributed by atoms with Crippen molar-refractivity contribution in [3.05, 3.63) is 40.5 Å². The minimum atomic E-state index is 0.653. The van der Waals surface area contributed by atoms with Crippen LogP contribution in [-0.4, -0.2) is 22.8 Å². The smallest absolute Gasteiger partial charge is 0.195 e. The molecule has 0 bridgehead atoms. The Kier molecular flexibility index (Phi) is 3.45. The molecule has 0 aliphatic heterocycles. The highest BCUT2D eigenvalue weighted by Gasteiger charge is 2.25. The number of carbonyl (C=O) groups is 1. The van der Waals surface area contributed by atoms with E-state index in [-0.39, 0.29) is 0 Å². The molecule has 0 fully saturated rings. The predicted octanol–water partition coefficient (Wildman–Crippen LogP) is 4.01. The molecule has 5 heteroatoms. The number of aldehydes is 1. The van der Waals surface area contributed by atoms with Gasteiger partial charge in [-0.05, 0) is 37.3 Å². The number of aryl methyl sites for hydroxylation is 1. The van der Waals surface area contributed by atoms with E-state index in [4.69, 9.17) is 9.72 Å². The highest BCUT2D eigenvalue weighted by Crippen LogP contribution is 2.36. The van der Waals surface area contributed by atoms with Crippen LogP contribution >= 0.6 is 11.3 Å². The zero-order valence-corrected chi connectivity index (χ0v) is 14.0. The fraction of sp³-hybridized carbons (Fsp3) is 0.333. The number of ether oxygens (including phenoxy) is 1. The lowest BCUT2D eigenvalue weighted by molar-refractivity contribution is 0.111. The summed E-state index contributed by atoms with van der Waals surface area (Å²) in [5, 5.41) is 0. The molecule has 4 rings (SSSR count). The summed E-state index contributed by atoms with van der Waals surface area (Å²) in [6.07, 6.45) is 4.21. The lowest BCUT2D eigenvalue weighted by Gasteiger charge is -2.17. The van der Waals surface area contributed by atoms with Crippen molar-refractivity contribution in [1.29, 1.82) is 0 Å². The first kappa shape index (κ1) is 14.5. The van der Waals surface area contributed by atoms with Gasteiger partial charge in [-0.1, -0.05) is 19.1 Å². The van der Waals surface area contributed by atoms with E-state index in [9.17, 15) is 4.79 Å². The fourth-order valence-corrected chi connectivity index (χ4v) is 4.67. The number of aromatic nitrogens is 2. The number of fused-ring (bicyclic) bond motifs is 3. The quantitative estimate of drug-likeness (QED) is 0.683. The first-order valence-corrected chi connectivity index (χ1v) is 8.65. The third kappa shape index (κ3) is 2.27. The Hall–Kier alpha value is -2.14. The highest BCUT2D eigenvalue weighted by molar-refractivity contribution is 7.17. The molecule has 0 saturated carbocycles. The SMILES string of the molecule is COc1cccc(-c2nc3sc4c(n3c2C=O)CCC(C)C4)c1. The molecule has 2 aromatic heterocycles. The average molecular weight is 326 g/mol. The van der Waals surface area contributed by atoms with Crippen molar-refractivity contribution >= 4 is 22.6 Å². The van der Waals surface area contributed by atoms with Gasteiger partial charge in [-0.25, -0.2) is 4.98 Å². The van der Waals surface area contributed by atoms with E-state index in [2.05, 4.69) is 11.3 Å². The van der Waals surface area contributed by atoms with Gasteiger partial charge in [0, 0.05) is 16.1 Å². The molecule has 118 valence electrons. The Labute approximate surface area is 138 Å². The molecule has 1 aliphatic rings. The van der Waals surface area contributed by atoms with Gasteiger partial charge in [-0.2, -0.15) is 0 Å². The minimum absolute atomic E-state index is 0.653. The number of carbonyl (C=O) groups excluding carboxylic acids is 1. The first-order chi connectivity index (χ1) is 11.2. The van der Waals surface area contributed by atoms with Crippen LogP contribution in [-0.2, 0) is 12.8 Å². The van der Waals surface area contributed by atoms with E-state index >= 15 is 0 Å². The second-order valence-electron chi connectivity index (χ2n) is 6.13. The molecule has 0 radical (unpaired) electrons. The fourth-order valence-electron chi connectivity index (χ4n) is 3.34. The van der Waals surface area contributed by atoms with Gasteiger partial charge >= 0.3 is 0 Å². The van der Waals surface area contributed by atoms with Gasteiger partial charge in [0.2, 0.25) is 0 Å². The molecule has 0 amide bonds. The van der Waals surface area contributed by atoms with Crippen molar-refractivity contribution in [2.75, 3.05) is 7.11 Å². The summed E-state index contributed by atoms with van der Waals surface area (Å²) < 4.78 is 7.35. The maximum Gasteiger partial charge on any atom is 0.195 e. The van der Waals surface area contributed by atoms with Crippen molar-refractivity contribution in [3.63, 3.8) is 0 Å². The second kappa shape index (κ2) is 5.49. The van der Waals surface area contributed by atoms with E-state index in [0.717, 1.165) is 41.1 Å². The van der Waals surface area contributed by atoms with E-state index in [1.54, 1.807) is 18.4 Å². The van der Waals surface area contributed by atoms with Crippen LogP contribution in [0.1, 0.15) is 34.4 Å². The lowest BCUT2D eigenvalue weighted by atomic mass is 9.93. The summed E-state index contributed by atoms with van der Waals surface area (Å²) in [6, 6.07) is 7.71. The molecule has 0 spiro atoms. The van der Waals surface area contributed by atoms with E-state index in [1.807, 2.05) is 24.3 Å². The van der Waals surface area contributed by atoms with Crippen LogP contribution in [0.2, 0.25) is 0 Å². The van der Waals surface area contributed by atoms with E-state index in [0.29, 0.717) is 11.6 Å². The Balaban J connectivity index is 1.91. The van der Waals surface area contributed by atoms with Gasteiger partial charge in [0.15, 0.2) is 11.2 Å². The van der Waals surface area contributed by atoms with Gasteiger partial charge in [0.1, 0.15) is 17.1 Å².